The first-order valence-corrected chi connectivity index (χ1v) is 16.5. The summed E-state index contributed by atoms with van der Waals surface area (Å²) in [6, 6.07) is 11.8. The number of halogens is 3. The molecule has 0 spiro atoms. The van der Waals surface area contributed by atoms with Gasteiger partial charge in [0.2, 0.25) is 0 Å². The highest BCUT2D eigenvalue weighted by Crippen LogP contribution is 2.38. The highest BCUT2D eigenvalue weighted by atomic mass is 35.5. The molecule has 0 amide bonds. The van der Waals surface area contributed by atoms with Crippen molar-refractivity contribution in [2.24, 2.45) is 0 Å². The van der Waals surface area contributed by atoms with Crippen molar-refractivity contribution in [1.29, 1.82) is 0 Å². The number of aryl methyl sites for hydroxylation is 1. The van der Waals surface area contributed by atoms with Gasteiger partial charge in [-0.1, -0.05) is 23.2 Å². The first-order valence-electron chi connectivity index (χ1n) is 13.4. The van der Waals surface area contributed by atoms with E-state index in [2.05, 4.69) is 15.0 Å². The van der Waals surface area contributed by atoms with Gasteiger partial charge in [0, 0.05) is 34.3 Å². The second-order valence-corrected chi connectivity index (χ2v) is 13.0. The van der Waals surface area contributed by atoms with Crippen LogP contribution in [-0.2, 0) is 32.5 Å². The Balaban J connectivity index is 1.61. The van der Waals surface area contributed by atoms with Crippen LogP contribution in [0.25, 0.3) is 0 Å². The molecule has 3 aromatic carbocycles. The van der Waals surface area contributed by atoms with Crippen LogP contribution in [0.4, 0.5) is 9.52 Å². The van der Waals surface area contributed by atoms with Crippen LogP contribution >= 0.6 is 34.5 Å². The molecule has 45 heavy (non-hydrogen) atoms. The lowest BCUT2D eigenvalue weighted by Crippen LogP contribution is -2.31. The standard InChI is InChI=1S/C30H30Cl2FN3O7S2/c1-40-22-8-6-20(26(14-22)41-2)18-36(30-35-11-12-44-30)45(38,39)28-15-23(32)27(16-24(28)33)43-25-9-7-21(31)13-19(25)5-4-10-34-17-29(37)42-3/h6-9,11-16,34H,4-5,10,17-18H2,1-3H3. The number of aromatic nitrogens is 1. The van der Waals surface area contributed by atoms with Crippen molar-refractivity contribution >= 4 is 55.7 Å². The minimum atomic E-state index is -4.52. The zero-order valence-corrected chi connectivity index (χ0v) is 27.7. The second-order valence-electron chi connectivity index (χ2n) is 9.43. The number of carbonyl (C=O) groups is 1. The Hall–Kier alpha value is -3.62. The van der Waals surface area contributed by atoms with Crippen LogP contribution in [0.5, 0.6) is 23.0 Å². The number of nitrogens with zero attached hydrogens (tertiary/aromatic N) is 2. The van der Waals surface area contributed by atoms with Crippen LogP contribution in [0.15, 0.2) is 65.0 Å². The number of rotatable bonds is 15. The number of anilines is 1. The smallest absolute Gasteiger partial charge is 0.319 e. The van der Waals surface area contributed by atoms with Crippen molar-refractivity contribution in [2.75, 3.05) is 38.7 Å². The number of thiazole rings is 1. The van der Waals surface area contributed by atoms with Gasteiger partial charge in [-0.2, -0.15) is 0 Å². The molecule has 10 nitrogen and oxygen atoms in total. The molecule has 0 fully saturated rings. The van der Waals surface area contributed by atoms with Crippen molar-refractivity contribution in [3.05, 3.63) is 87.1 Å². The fourth-order valence-corrected chi connectivity index (χ4v) is 7.07. The highest BCUT2D eigenvalue weighted by Gasteiger charge is 2.32. The number of benzene rings is 3. The number of esters is 1. The second kappa shape index (κ2) is 15.6. The molecule has 0 aliphatic rings. The van der Waals surface area contributed by atoms with E-state index in [4.69, 9.17) is 37.4 Å². The Bertz CT molecular complexity index is 1740. The Labute approximate surface area is 274 Å². The molecule has 15 heteroatoms. The van der Waals surface area contributed by atoms with E-state index in [0.29, 0.717) is 52.8 Å². The minimum absolute atomic E-state index is 0.0765. The number of hydrogen-bond donors (Lipinski definition) is 1. The number of nitrogens with one attached hydrogen (secondary N) is 1. The molecule has 1 N–H and O–H groups in total. The molecule has 4 rings (SSSR count). The molecule has 0 atom stereocenters. The van der Waals surface area contributed by atoms with E-state index in [-0.39, 0.29) is 35.0 Å². The van der Waals surface area contributed by atoms with E-state index in [1.165, 1.54) is 27.5 Å². The monoisotopic (exact) mass is 697 g/mol. The maximum atomic E-state index is 15.7. The molecule has 0 aliphatic carbocycles. The fourth-order valence-electron chi connectivity index (χ4n) is 4.26. The van der Waals surface area contributed by atoms with Crippen LogP contribution in [0.2, 0.25) is 10.0 Å². The van der Waals surface area contributed by atoms with Gasteiger partial charge in [0.05, 0.1) is 39.4 Å². The maximum Gasteiger partial charge on any atom is 0.319 e. The first kappa shape index (κ1) is 34.3. The van der Waals surface area contributed by atoms with Crippen molar-refractivity contribution in [3.8, 4) is 23.0 Å². The molecule has 0 bridgehead atoms. The molecule has 240 valence electrons. The lowest BCUT2D eigenvalue weighted by molar-refractivity contribution is -0.139. The van der Waals surface area contributed by atoms with Crippen molar-refractivity contribution in [2.45, 2.75) is 24.3 Å². The van der Waals surface area contributed by atoms with E-state index < -0.39 is 20.7 Å². The van der Waals surface area contributed by atoms with Gasteiger partial charge in [-0.05, 0) is 61.3 Å². The summed E-state index contributed by atoms with van der Waals surface area (Å²) >= 11 is 13.8. The summed E-state index contributed by atoms with van der Waals surface area (Å²) < 4.78 is 65.9. The maximum absolute atomic E-state index is 15.7. The summed E-state index contributed by atoms with van der Waals surface area (Å²) in [5, 5.41) is 5.05. The van der Waals surface area contributed by atoms with Crippen LogP contribution in [0.3, 0.4) is 0 Å². The Morgan fingerprint density at radius 2 is 1.80 bits per heavy atom. The number of ether oxygens (including phenoxy) is 4. The Kier molecular flexibility index (Phi) is 11.9. The summed E-state index contributed by atoms with van der Waals surface area (Å²) in [5.74, 6) is -0.268. The first-order chi connectivity index (χ1) is 21.6. The number of sulfonamides is 1. The van der Waals surface area contributed by atoms with E-state index in [0.717, 1.165) is 27.8 Å². The van der Waals surface area contributed by atoms with Crippen molar-refractivity contribution in [3.63, 3.8) is 0 Å². The summed E-state index contributed by atoms with van der Waals surface area (Å²) in [4.78, 5) is 14.8. The minimum Gasteiger partial charge on any atom is -0.497 e. The van der Waals surface area contributed by atoms with Gasteiger partial charge in [0.1, 0.15) is 33.7 Å². The predicted octanol–water partition coefficient (Wildman–Crippen LogP) is 6.49. The zero-order valence-electron chi connectivity index (χ0n) is 24.5. The molecule has 4 aromatic rings. The van der Waals surface area contributed by atoms with Gasteiger partial charge in [-0.25, -0.2) is 22.1 Å². The summed E-state index contributed by atoms with van der Waals surface area (Å²) in [5.41, 5.74) is 1.21. The van der Waals surface area contributed by atoms with Crippen LogP contribution in [0, 0.1) is 5.82 Å². The van der Waals surface area contributed by atoms with Crippen molar-refractivity contribution in [1.82, 2.24) is 10.3 Å². The van der Waals surface area contributed by atoms with Gasteiger partial charge < -0.3 is 24.3 Å². The fraction of sp³-hybridized carbons (Fsp3) is 0.267. The SMILES string of the molecule is COC(=O)CNCCCc1cc(Cl)ccc1Oc1cc(F)c(S(=O)(=O)N(Cc2ccc(OC)cc2OC)c2nccs2)cc1Cl. The molecule has 0 saturated carbocycles. The number of methoxy groups -OCH3 is 3. The summed E-state index contributed by atoms with van der Waals surface area (Å²) in [6.07, 6.45) is 2.58. The summed E-state index contributed by atoms with van der Waals surface area (Å²) in [7, 11) is -0.258. The normalized spacial score (nSPS) is 11.2. The average molecular weight is 699 g/mol. The van der Waals surface area contributed by atoms with Crippen LogP contribution < -0.4 is 23.8 Å². The van der Waals surface area contributed by atoms with Crippen LogP contribution in [-0.4, -0.2) is 53.8 Å². The molecular formula is C30H30Cl2FN3O7S2. The molecule has 1 heterocycles. The Morgan fingerprint density at radius 1 is 1.00 bits per heavy atom. The molecule has 0 radical (unpaired) electrons. The van der Waals surface area contributed by atoms with Gasteiger partial charge in [0.15, 0.2) is 5.13 Å². The quantitative estimate of drug-likeness (QED) is 0.110. The van der Waals surface area contributed by atoms with Gasteiger partial charge >= 0.3 is 5.97 Å². The van der Waals surface area contributed by atoms with Gasteiger partial charge in [0.25, 0.3) is 10.0 Å². The van der Waals surface area contributed by atoms with E-state index >= 15 is 4.39 Å². The number of carbonyl (C=O) groups excluding carboxylic acids is 1. The molecular weight excluding hydrogens is 668 g/mol. The van der Waals surface area contributed by atoms with E-state index in [9.17, 15) is 13.2 Å². The lowest BCUT2D eigenvalue weighted by atomic mass is 10.1. The molecule has 1 aromatic heterocycles. The third kappa shape index (κ3) is 8.56. The third-order valence-electron chi connectivity index (χ3n) is 6.53. The van der Waals surface area contributed by atoms with Gasteiger partial charge in [-0.15, -0.1) is 11.3 Å². The van der Waals surface area contributed by atoms with E-state index in [1.807, 2.05) is 0 Å². The largest absolute Gasteiger partial charge is 0.497 e. The van der Waals surface area contributed by atoms with Crippen molar-refractivity contribution < 1.29 is 36.6 Å². The molecule has 0 saturated heterocycles. The molecule has 0 unspecified atom stereocenters. The van der Waals surface area contributed by atoms with Gasteiger partial charge in [-0.3, -0.25) is 4.79 Å². The third-order valence-corrected chi connectivity index (χ3v) is 9.73. The van der Waals surface area contributed by atoms with E-state index in [1.54, 1.807) is 41.8 Å². The highest BCUT2D eigenvalue weighted by molar-refractivity contribution is 7.93. The Morgan fingerprint density at radius 3 is 2.49 bits per heavy atom. The molecule has 0 aliphatic heterocycles. The zero-order chi connectivity index (χ0) is 32.6. The summed E-state index contributed by atoms with van der Waals surface area (Å²) in [6.45, 7) is 0.384. The van der Waals surface area contributed by atoms with Crippen LogP contribution in [0.1, 0.15) is 17.5 Å². The topological polar surface area (TPSA) is 116 Å². The lowest BCUT2D eigenvalue weighted by Gasteiger charge is -2.23. The predicted molar refractivity (Wildman–Crippen MR) is 171 cm³/mol. The number of hydrogen-bond acceptors (Lipinski definition) is 10. The average Bonchev–Trinajstić information content (AvgIpc) is 3.56.